The van der Waals surface area contributed by atoms with E-state index < -0.39 is 0 Å². The van der Waals surface area contributed by atoms with Crippen LogP contribution < -0.4 is 5.73 Å². The molecule has 0 amide bonds. The first kappa shape index (κ1) is 10.9. The molecule has 0 radical (unpaired) electrons. The Hall–Kier alpha value is -0.160. The van der Waals surface area contributed by atoms with Gasteiger partial charge in [-0.25, -0.2) is 0 Å². The second-order valence-electron chi connectivity index (χ2n) is 3.45. The molecular weight excluding hydrogens is 168 g/mol. The fourth-order valence-electron chi connectivity index (χ4n) is 1.48. The van der Waals surface area contributed by atoms with Crippen LogP contribution in [-0.4, -0.2) is 57.5 Å². The third-order valence-corrected chi connectivity index (χ3v) is 2.29. The van der Waals surface area contributed by atoms with E-state index in [1.54, 1.807) is 7.11 Å². The van der Waals surface area contributed by atoms with Crippen LogP contribution in [0.15, 0.2) is 0 Å². The molecule has 0 spiro atoms. The quantitative estimate of drug-likeness (QED) is 0.642. The highest BCUT2D eigenvalue weighted by atomic mass is 16.5. The molecule has 1 atom stereocenters. The molecule has 0 bridgehead atoms. The summed E-state index contributed by atoms with van der Waals surface area (Å²) < 4.78 is 10.2. The van der Waals surface area contributed by atoms with Gasteiger partial charge < -0.3 is 15.2 Å². The minimum Gasteiger partial charge on any atom is -0.385 e. The van der Waals surface area contributed by atoms with Crippen molar-refractivity contribution in [2.75, 3.05) is 46.6 Å². The molecule has 1 unspecified atom stereocenters. The molecule has 1 aliphatic heterocycles. The van der Waals surface area contributed by atoms with E-state index in [1.807, 2.05) is 0 Å². The highest BCUT2D eigenvalue weighted by Gasteiger charge is 2.13. The number of morpholine rings is 1. The Balaban J connectivity index is 2.07. The molecule has 0 aliphatic carbocycles. The Morgan fingerprint density at radius 1 is 1.46 bits per heavy atom. The molecule has 1 saturated heterocycles. The first-order chi connectivity index (χ1) is 6.33. The van der Waals surface area contributed by atoms with Crippen molar-refractivity contribution in [3.63, 3.8) is 0 Å². The molecule has 78 valence electrons. The van der Waals surface area contributed by atoms with Crippen molar-refractivity contribution in [3.8, 4) is 0 Å². The molecule has 1 aliphatic rings. The van der Waals surface area contributed by atoms with Gasteiger partial charge in [-0.3, -0.25) is 4.90 Å². The maximum absolute atomic E-state index is 5.93. The normalized spacial score (nSPS) is 21.7. The van der Waals surface area contributed by atoms with E-state index in [9.17, 15) is 0 Å². The van der Waals surface area contributed by atoms with Crippen LogP contribution in [0.1, 0.15) is 6.42 Å². The number of hydrogen-bond acceptors (Lipinski definition) is 4. The van der Waals surface area contributed by atoms with Gasteiger partial charge in [-0.15, -0.1) is 0 Å². The standard InChI is InChI=1S/C9H20N2O2/c1-12-5-2-9(10)8-11-3-6-13-7-4-11/h9H,2-8,10H2,1H3. The zero-order valence-electron chi connectivity index (χ0n) is 8.37. The lowest BCUT2D eigenvalue weighted by Gasteiger charge is -2.28. The summed E-state index contributed by atoms with van der Waals surface area (Å²) >= 11 is 0. The van der Waals surface area contributed by atoms with Crippen LogP contribution in [0.5, 0.6) is 0 Å². The predicted octanol–water partition coefficient (Wildman–Crippen LogP) is -0.318. The number of rotatable bonds is 5. The van der Waals surface area contributed by atoms with E-state index in [1.165, 1.54) is 0 Å². The van der Waals surface area contributed by atoms with Gasteiger partial charge in [0.05, 0.1) is 13.2 Å². The minimum atomic E-state index is 0.234. The molecule has 0 aromatic carbocycles. The summed E-state index contributed by atoms with van der Waals surface area (Å²) in [6, 6.07) is 0.234. The summed E-state index contributed by atoms with van der Waals surface area (Å²) in [4.78, 5) is 2.35. The van der Waals surface area contributed by atoms with Crippen molar-refractivity contribution in [2.24, 2.45) is 5.73 Å². The summed E-state index contributed by atoms with van der Waals surface area (Å²) in [5.41, 5.74) is 5.93. The van der Waals surface area contributed by atoms with Gasteiger partial charge in [0.1, 0.15) is 0 Å². The summed E-state index contributed by atoms with van der Waals surface area (Å²) in [7, 11) is 1.71. The summed E-state index contributed by atoms with van der Waals surface area (Å²) in [6.07, 6.45) is 0.938. The first-order valence-electron chi connectivity index (χ1n) is 4.87. The lowest BCUT2D eigenvalue weighted by molar-refractivity contribution is 0.0338. The lowest BCUT2D eigenvalue weighted by Crippen LogP contribution is -2.44. The van der Waals surface area contributed by atoms with Gasteiger partial charge in [-0.1, -0.05) is 0 Å². The van der Waals surface area contributed by atoms with Crippen LogP contribution in [0.2, 0.25) is 0 Å². The smallest absolute Gasteiger partial charge is 0.0594 e. The molecular formula is C9H20N2O2. The Morgan fingerprint density at radius 2 is 2.15 bits per heavy atom. The number of nitrogens with two attached hydrogens (primary N) is 1. The summed E-state index contributed by atoms with van der Waals surface area (Å²) in [5, 5.41) is 0. The van der Waals surface area contributed by atoms with E-state index in [-0.39, 0.29) is 6.04 Å². The monoisotopic (exact) mass is 188 g/mol. The number of ether oxygens (including phenoxy) is 2. The maximum atomic E-state index is 5.93. The fraction of sp³-hybridized carbons (Fsp3) is 1.00. The van der Waals surface area contributed by atoms with Crippen molar-refractivity contribution in [1.82, 2.24) is 4.90 Å². The second kappa shape index (κ2) is 6.32. The van der Waals surface area contributed by atoms with Crippen molar-refractivity contribution >= 4 is 0 Å². The molecule has 4 heteroatoms. The molecule has 0 aromatic rings. The summed E-state index contributed by atoms with van der Waals surface area (Å²) in [5.74, 6) is 0. The molecule has 1 rings (SSSR count). The lowest BCUT2D eigenvalue weighted by atomic mass is 10.2. The van der Waals surface area contributed by atoms with Gasteiger partial charge in [0, 0.05) is 39.4 Å². The fourth-order valence-corrected chi connectivity index (χ4v) is 1.48. The maximum Gasteiger partial charge on any atom is 0.0594 e. The Morgan fingerprint density at radius 3 is 2.77 bits per heavy atom. The van der Waals surface area contributed by atoms with Gasteiger partial charge in [-0.05, 0) is 6.42 Å². The second-order valence-corrected chi connectivity index (χ2v) is 3.45. The van der Waals surface area contributed by atoms with E-state index >= 15 is 0 Å². The summed E-state index contributed by atoms with van der Waals surface area (Å²) in [6.45, 7) is 5.44. The highest BCUT2D eigenvalue weighted by Crippen LogP contribution is 1.99. The molecule has 13 heavy (non-hydrogen) atoms. The Kier molecular flexibility index (Phi) is 5.31. The molecule has 4 nitrogen and oxygen atoms in total. The third-order valence-electron chi connectivity index (χ3n) is 2.29. The Bertz CT molecular complexity index is 127. The van der Waals surface area contributed by atoms with Gasteiger partial charge in [0.15, 0.2) is 0 Å². The molecule has 0 saturated carbocycles. The minimum absolute atomic E-state index is 0.234. The number of methoxy groups -OCH3 is 1. The number of nitrogens with zero attached hydrogens (tertiary/aromatic N) is 1. The van der Waals surface area contributed by atoms with Crippen LogP contribution in [0, 0.1) is 0 Å². The van der Waals surface area contributed by atoms with Gasteiger partial charge in [-0.2, -0.15) is 0 Å². The van der Waals surface area contributed by atoms with Gasteiger partial charge in [0.25, 0.3) is 0 Å². The average Bonchev–Trinajstić information content (AvgIpc) is 2.16. The van der Waals surface area contributed by atoms with E-state index in [0.29, 0.717) is 0 Å². The highest BCUT2D eigenvalue weighted by molar-refractivity contribution is 4.70. The molecule has 0 aromatic heterocycles. The zero-order chi connectivity index (χ0) is 9.52. The van der Waals surface area contributed by atoms with E-state index in [2.05, 4.69) is 4.90 Å². The van der Waals surface area contributed by atoms with Crippen molar-refractivity contribution < 1.29 is 9.47 Å². The topological polar surface area (TPSA) is 47.7 Å². The van der Waals surface area contributed by atoms with Crippen molar-refractivity contribution in [3.05, 3.63) is 0 Å². The van der Waals surface area contributed by atoms with Crippen LogP contribution in [0.4, 0.5) is 0 Å². The predicted molar refractivity (Wildman–Crippen MR) is 51.7 cm³/mol. The van der Waals surface area contributed by atoms with Crippen LogP contribution >= 0.6 is 0 Å². The van der Waals surface area contributed by atoms with Crippen LogP contribution in [0.25, 0.3) is 0 Å². The molecule has 1 fully saturated rings. The largest absolute Gasteiger partial charge is 0.385 e. The average molecular weight is 188 g/mol. The first-order valence-corrected chi connectivity index (χ1v) is 4.87. The third kappa shape index (κ3) is 4.57. The van der Waals surface area contributed by atoms with E-state index in [0.717, 1.165) is 45.9 Å². The molecule has 1 heterocycles. The van der Waals surface area contributed by atoms with Crippen molar-refractivity contribution in [2.45, 2.75) is 12.5 Å². The Labute approximate surface area is 80.0 Å². The SMILES string of the molecule is COCCC(N)CN1CCOCC1. The van der Waals surface area contributed by atoms with Crippen LogP contribution in [-0.2, 0) is 9.47 Å². The van der Waals surface area contributed by atoms with E-state index in [4.69, 9.17) is 15.2 Å². The van der Waals surface area contributed by atoms with Gasteiger partial charge in [0.2, 0.25) is 0 Å². The van der Waals surface area contributed by atoms with Gasteiger partial charge >= 0.3 is 0 Å². The van der Waals surface area contributed by atoms with Crippen molar-refractivity contribution in [1.29, 1.82) is 0 Å². The molecule has 2 N–H and O–H groups in total. The number of hydrogen-bond donors (Lipinski definition) is 1. The van der Waals surface area contributed by atoms with Crippen LogP contribution in [0.3, 0.4) is 0 Å². The zero-order valence-corrected chi connectivity index (χ0v) is 8.37.